The van der Waals surface area contributed by atoms with Crippen molar-refractivity contribution >= 4 is 0 Å². The van der Waals surface area contributed by atoms with E-state index in [0.717, 1.165) is 12.1 Å². The summed E-state index contributed by atoms with van der Waals surface area (Å²) in [5, 5.41) is 0. The topological polar surface area (TPSA) is 54.7 Å². The molecular weight excluding hydrogens is 186 g/mol. The van der Waals surface area contributed by atoms with Crippen molar-refractivity contribution in [3.63, 3.8) is 0 Å². The van der Waals surface area contributed by atoms with Crippen molar-refractivity contribution in [1.82, 2.24) is 9.97 Å². The first kappa shape index (κ1) is 9.93. The third-order valence-electron chi connectivity index (χ3n) is 2.35. The van der Waals surface area contributed by atoms with Gasteiger partial charge in [-0.05, 0) is 18.9 Å². The fourth-order valence-corrected chi connectivity index (χ4v) is 1.71. The molecule has 0 saturated heterocycles. The molecule has 3 heteroatoms. The number of rotatable bonds is 3. The predicted molar refractivity (Wildman–Crippen MR) is 61.4 cm³/mol. The zero-order chi connectivity index (χ0) is 10.7. The number of hydrogen-bond acceptors (Lipinski definition) is 2. The molecule has 0 aliphatic heterocycles. The molecular formula is C12H15N3. The molecule has 78 valence electrons. The highest BCUT2D eigenvalue weighted by atomic mass is 14.9. The Balaban J connectivity index is 2.38. The molecule has 0 aliphatic carbocycles. The van der Waals surface area contributed by atoms with Crippen LogP contribution in [-0.2, 0) is 6.42 Å². The zero-order valence-corrected chi connectivity index (χ0v) is 8.77. The average molecular weight is 201 g/mol. The van der Waals surface area contributed by atoms with E-state index in [2.05, 4.69) is 22.1 Å². The van der Waals surface area contributed by atoms with Crippen molar-refractivity contribution in [2.75, 3.05) is 0 Å². The Kier molecular flexibility index (Phi) is 2.83. The van der Waals surface area contributed by atoms with E-state index >= 15 is 0 Å². The monoisotopic (exact) mass is 201 g/mol. The third kappa shape index (κ3) is 2.25. The van der Waals surface area contributed by atoms with Crippen LogP contribution in [0, 0.1) is 0 Å². The van der Waals surface area contributed by atoms with E-state index < -0.39 is 0 Å². The predicted octanol–water partition coefficient (Wildman–Crippen LogP) is 1.97. The number of hydrogen-bond donors (Lipinski definition) is 2. The first-order chi connectivity index (χ1) is 7.27. The highest BCUT2D eigenvalue weighted by Crippen LogP contribution is 2.21. The van der Waals surface area contributed by atoms with Crippen LogP contribution in [0.15, 0.2) is 36.8 Å². The smallest absolute Gasteiger partial charge is 0.0924 e. The molecule has 3 N–H and O–H groups in total. The van der Waals surface area contributed by atoms with Crippen molar-refractivity contribution in [3.05, 3.63) is 42.4 Å². The SMILES string of the molecule is CC(N)Cc1ccccc1-c1cnc[nH]1. The first-order valence-electron chi connectivity index (χ1n) is 5.09. The third-order valence-corrected chi connectivity index (χ3v) is 2.35. The van der Waals surface area contributed by atoms with Crippen molar-refractivity contribution in [2.24, 2.45) is 5.73 Å². The number of nitrogens with two attached hydrogens (primary N) is 1. The van der Waals surface area contributed by atoms with Gasteiger partial charge >= 0.3 is 0 Å². The molecule has 1 heterocycles. The van der Waals surface area contributed by atoms with Crippen molar-refractivity contribution in [1.29, 1.82) is 0 Å². The van der Waals surface area contributed by atoms with Crippen LogP contribution in [0.25, 0.3) is 11.3 Å². The lowest BCUT2D eigenvalue weighted by atomic mass is 9.99. The Morgan fingerprint density at radius 3 is 2.87 bits per heavy atom. The van der Waals surface area contributed by atoms with E-state index in [9.17, 15) is 0 Å². The van der Waals surface area contributed by atoms with Gasteiger partial charge in [0.25, 0.3) is 0 Å². The van der Waals surface area contributed by atoms with Crippen LogP contribution in [0.1, 0.15) is 12.5 Å². The van der Waals surface area contributed by atoms with Gasteiger partial charge in [-0.2, -0.15) is 0 Å². The molecule has 2 aromatic rings. The molecule has 0 spiro atoms. The van der Waals surface area contributed by atoms with Gasteiger partial charge in [-0.3, -0.25) is 0 Å². The first-order valence-corrected chi connectivity index (χ1v) is 5.09. The molecule has 0 saturated carbocycles. The minimum Gasteiger partial charge on any atom is -0.345 e. The van der Waals surface area contributed by atoms with Crippen molar-refractivity contribution < 1.29 is 0 Å². The second kappa shape index (κ2) is 4.28. The van der Waals surface area contributed by atoms with Gasteiger partial charge < -0.3 is 10.7 Å². The molecule has 15 heavy (non-hydrogen) atoms. The summed E-state index contributed by atoms with van der Waals surface area (Å²) in [6.07, 6.45) is 4.41. The fourth-order valence-electron chi connectivity index (χ4n) is 1.71. The quantitative estimate of drug-likeness (QED) is 0.797. The normalized spacial score (nSPS) is 12.7. The maximum absolute atomic E-state index is 5.82. The van der Waals surface area contributed by atoms with E-state index in [0.29, 0.717) is 0 Å². The summed E-state index contributed by atoms with van der Waals surface area (Å²) in [5.74, 6) is 0. The summed E-state index contributed by atoms with van der Waals surface area (Å²) in [5.41, 5.74) is 9.32. The van der Waals surface area contributed by atoms with Crippen LogP contribution in [-0.4, -0.2) is 16.0 Å². The number of benzene rings is 1. The lowest BCUT2D eigenvalue weighted by molar-refractivity contribution is 0.739. The van der Waals surface area contributed by atoms with Gasteiger partial charge in [-0.25, -0.2) is 4.98 Å². The zero-order valence-electron chi connectivity index (χ0n) is 8.77. The number of nitrogens with zero attached hydrogens (tertiary/aromatic N) is 1. The number of aromatic nitrogens is 2. The van der Waals surface area contributed by atoms with Crippen LogP contribution in [0.2, 0.25) is 0 Å². The fraction of sp³-hybridized carbons (Fsp3) is 0.250. The summed E-state index contributed by atoms with van der Waals surface area (Å²) in [4.78, 5) is 7.15. The van der Waals surface area contributed by atoms with Crippen LogP contribution in [0.3, 0.4) is 0 Å². The van der Waals surface area contributed by atoms with Crippen LogP contribution >= 0.6 is 0 Å². The van der Waals surface area contributed by atoms with Gasteiger partial charge in [0, 0.05) is 11.6 Å². The molecule has 3 nitrogen and oxygen atoms in total. The van der Waals surface area contributed by atoms with Crippen molar-refractivity contribution in [2.45, 2.75) is 19.4 Å². The van der Waals surface area contributed by atoms with E-state index in [4.69, 9.17) is 5.73 Å². The van der Waals surface area contributed by atoms with Crippen LogP contribution in [0.4, 0.5) is 0 Å². The van der Waals surface area contributed by atoms with E-state index in [1.165, 1.54) is 11.1 Å². The molecule has 2 rings (SSSR count). The number of imidazole rings is 1. The average Bonchev–Trinajstić information content (AvgIpc) is 2.70. The molecule has 0 bridgehead atoms. The van der Waals surface area contributed by atoms with Gasteiger partial charge in [-0.15, -0.1) is 0 Å². The minimum absolute atomic E-state index is 0.175. The Morgan fingerprint density at radius 1 is 1.40 bits per heavy atom. The number of H-pyrrole nitrogens is 1. The van der Waals surface area contributed by atoms with Gasteiger partial charge in [-0.1, -0.05) is 24.3 Å². The molecule has 1 aromatic heterocycles. The molecule has 0 radical (unpaired) electrons. The van der Waals surface area contributed by atoms with Gasteiger partial charge in [0.2, 0.25) is 0 Å². The van der Waals surface area contributed by atoms with Crippen LogP contribution in [0.5, 0.6) is 0 Å². The standard InChI is InChI=1S/C12H15N3/c1-9(13)6-10-4-2-3-5-11(10)12-7-14-8-15-12/h2-5,7-9H,6,13H2,1H3,(H,14,15). The lowest BCUT2D eigenvalue weighted by Gasteiger charge is -2.09. The van der Waals surface area contributed by atoms with E-state index in [-0.39, 0.29) is 6.04 Å². The maximum Gasteiger partial charge on any atom is 0.0924 e. The molecule has 1 atom stereocenters. The van der Waals surface area contributed by atoms with Crippen LogP contribution < -0.4 is 5.73 Å². The molecule has 0 amide bonds. The Bertz CT molecular complexity index is 418. The molecule has 0 fully saturated rings. The van der Waals surface area contributed by atoms with E-state index in [1.54, 1.807) is 6.33 Å². The minimum atomic E-state index is 0.175. The molecule has 0 aliphatic rings. The second-order valence-corrected chi connectivity index (χ2v) is 3.80. The Hall–Kier alpha value is -1.61. The second-order valence-electron chi connectivity index (χ2n) is 3.80. The maximum atomic E-state index is 5.82. The summed E-state index contributed by atoms with van der Waals surface area (Å²) in [7, 11) is 0. The number of aromatic amines is 1. The highest BCUT2D eigenvalue weighted by molar-refractivity contribution is 5.62. The summed E-state index contributed by atoms with van der Waals surface area (Å²) in [6, 6.07) is 8.44. The Morgan fingerprint density at radius 2 is 2.20 bits per heavy atom. The summed E-state index contributed by atoms with van der Waals surface area (Å²) < 4.78 is 0. The van der Waals surface area contributed by atoms with Gasteiger partial charge in [0.1, 0.15) is 0 Å². The number of nitrogens with one attached hydrogen (secondary N) is 1. The Labute approximate surface area is 89.4 Å². The van der Waals surface area contributed by atoms with E-state index in [1.807, 2.05) is 25.3 Å². The van der Waals surface area contributed by atoms with Gasteiger partial charge in [0.15, 0.2) is 0 Å². The highest BCUT2D eigenvalue weighted by Gasteiger charge is 2.06. The lowest BCUT2D eigenvalue weighted by Crippen LogP contribution is -2.18. The largest absolute Gasteiger partial charge is 0.345 e. The van der Waals surface area contributed by atoms with Gasteiger partial charge in [0.05, 0.1) is 18.2 Å². The molecule has 1 unspecified atom stereocenters. The van der Waals surface area contributed by atoms with Crippen molar-refractivity contribution in [3.8, 4) is 11.3 Å². The molecule has 1 aromatic carbocycles. The summed E-state index contributed by atoms with van der Waals surface area (Å²) >= 11 is 0. The summed E-state index contributed by atoms with van der Waals surface area (Å²) in [6.45, 7) is 2.02.